The van der Waals surface area contributed by atoms with Gasteiger partial charge in [-0.05, 0) is 31.0 Å². The fraction of sp³-hybridized carbons (Fsp3) is 0.438. The van der Waals surface area contributed by atoms with Crippen molar-refractivity contribution < 1.29 is 5.11 Å². The third-order valence-electron chi connectivity index (χ3n) is 4.05. The van der Waals surface area contributed by atoms with Gasteiger partial charge in [0, 0.05) is 25.0 Å². The quantitative estimate of drug-likeness (QED) is 0.905. The minimum atomic E-state index is -0.408. The second kappa shape index (κ2) is 6.20. The van der Waals surface area contributed by atoms with E-state index >= 15 is 0 Å². The summed E-state index contributed by atoms with van der Waals surface area (Å²) in [5, 5.41) is 14.6. The van der Waals surface area contributed by atoms with Gasteiger partial charge in [-0.25, -0.2) is 0 Å². The molecule has 1 aliphatic heterocycles. The Hall–Kier alpha value is -1.65. The van der Waals surface area contributed by atoms with Gasteiger partial charge in [-0.2, -0.15) is 5.10 Å². The van der Waals surface area contributed by atoms with Crippen LogP contribution in [-0.4, -0.2) is 38.9 Å². The number of hydrogen-bond donors (Lipinski definition) is 1. The Kier molecular flexibility index (Phi) is 4.14. The van der Waals surface area contributed by atoms with Gasteiger partial charge in [0.2, 0.25) is 0 Å². The minimum absolute atomic E-state index is 0.408. The fourth-order valence-electron chi connectivity index (χ4n) is 2.97. The van der Waals surface area contributed by atoms with Crippen molar-refractivity contribution in [1.29, 1.82) is 0 Å². The van der Waals surface area contributed by atoms with Crippen molar-refractivity contribution in [3.63, 3.8) is 0 Å². The van der Waals surface area contributed by atoms with E-state index in [0.717, 1.165) is 18.7 Å². The van der Waals surface area contributed by atoms with E-state index in [0.29, 0.717) is 12.6 Å². The zero-order chi connectivity index (χ0) is 13.8. The van der Waals surface area contributed by atoms with E-state index in [1.54, 1.807) is 0 Å². The van der Waals surface area contributed by atoms with Gasteiger partial charge >= 0.3 is 0 Å². The van der Waals surface area contributed by atoms with E-state index in [4.69, 9.17) is 0 Å². The first-order chi connectivity index (χ1) is 9.83. The molecule has 1 fully saturated rings. The summed E-state index contributed by atoms with van der Waals surface area (Å²) in [6, 6.07) is 12.3. The summed E-state index contributed by atoms with van der Waals surface area (Å²) in [4.78, 5) is 2.39. The highest BCUT2D eigenvalue weighted by molar-refractivity contribution is 5.17. The molecule has 1 N–H and O–H groups in total. The molecule has 2 heterocycles. The van der Waals surface area contributed by atoms with E-state index < -0.39 is 6.10 Å². The van der Waals surface area contributed by atoms with Crippen molar-refractivity contribution in [2.75, 3.05) is 13.1 Å². The number of hydrogen-bond acceptors (Lipinski definition) is 3. The molecule has 1 aliphatic rings. The molecule has 0 radical (unpaired) electrons. The lowest BCUT2D eigenvalue weighted by Crippen LogP contribution is -2.36. The standard InChI is InChI=1S/C16H21N3O/c20-16(14-6-2-1-3-7-14)13-18-10-4-8-15(18)12-19-11-5-9-17-19/h1-3,5-7,9,11,15-16,20H,4,8,10,12-13H2/t15-,16+/m1/s1. The lowest BCUT2D eigenvalue weighted by Gasteiger charge is -2.27. The number of likely N-dealkylation sites (tertiary alicyclic amines) is 1. The van der Waals surface area contributed by atoms with Gasteiger partial charge in [-0.15, -0.1) is 0 Å². The first kappa shape index (κ1) is 13.3. The summed E-state index contributed by atoms with van der Waals surface area (Å²) in [6.07, 6.45) is 5.80. The first-order valence-electron chi connectivity index (χ1n) is 7.27. The molecule has 1 aromatic heterocycles. The van der Waals surface area contributed by atoms with E-state index in [2.05, 4.69) is 10.00 Å². The molecule has 106 valence electrons. The summed E-state index contributed by atoms with van der Waals surface area (Å²) in [7, 11) is 0. The van der Waals surface area contributed by atoms with E-state index in [1.165, 1.54) is 12.8 Å². The molecule has 3 rings (SSSR count). The van der Waals surface area contributed by atoms with Crippen molar-refractivity contribution >= 4 is 0 Å². The van der Waals surface area contributed by atoms with Crippen molar-refractivity contribution in [2.45, 2.75) is 31.5 Å². The predicted octanol–water partition coefficient (Wildman–Crippen LogP) is 2.08. The van der Waals surface area contributed by atoms with E-state index in [1.807, 2.05) is 53.5 Å². The van der Waals surface area contributed by atoms with Crippen LogP contribution in [0.25, 0.3) is 0 Å². The highest BCUT2D eigenvalue weighted by atomic mass is 16.3. The predicted molar refractivity (Wildman–Crippen MR) is 78.2 cm³/mol. The van der Waals surface area contributed by atoms with Gasteiger partial charge in [-0.1, -0.05) is 30.3 Å². The third kappa shape index (κ3) is 3.08. The molecule has 0 bridgehead atoms. The van der Waals surface area contributed by atoms with Crippen LogP contribution >= 0.6 is 0 Å². The molecular formula is C16H21N3O. The third-order valence-corrected chi connectivity index (χ3v) is 4.05. The summed E-state index contributed by atoms with van der Waals surface area (Å²) in [6.45, 7) is 2.68. The number of rotatable bonds is 5. The number of β-amino-alcohol motifs (C(OH)–C–C–N with tert-alkyl or cyclic N) is 1. The van der Waals surface area contributed by atoms with E-state index in [9.17, 15) is 5.11 Å². The maximum absolute atomic E-state index is 10.4. The number of nitrogens with zero attached hydrogens (tertiary/aromatic N) is 3. The Morgan fingerprint density at radius 1 is 1.25 bits per heavy atom. The van der Waals surface area contributed by atoms with Gasteiger partial charge in [-0.3, -0.25) is 9.58 Å². The molecule has 0 amide bonds. The molecular weight excluding hydrogens is 250 g/mol. The lowest BCUT2D eigenvalue weighted by molar-refractivity contribution is 0.100. The van der Waals surface area contributed by atoms with Gasteiger partial charge in [0.05, 0.1) is 12.6 Å². The Balaban J connectivity index is 1.61. The average molecular weight is 271 g/mol. The number of aliphatic hydroxyl groups excluding tert-OH is 1. The van der Waals surface area contributed by atoms with Crippen LogP contribution in [0.3, 0.4) is 0 Å². The van der Waals surface area contributed by atoms with Crippen LogP contribution < -0.4 is 0 Å². The Labute approximate surface area is 119 Å². The van der Waals surface area contributed by atoms with Gasteiger partial charge < -0.3 is 5.11 Å². The summed E-state index contributed by atoms with van der Waals surface area (Å²) in [5.41, 5.74) is 0.997. The Morgan fingerprint density at radius 3 is 2.85 bits per heavy atom. The minimum Gasteiger partial charge on any atom is -0.387 e. The normalized spacial score (nSPS) is 21.1. The second-order valence-electron chi connectivity index (χ2n) is 5.45. The van der Waals surface area contributed by atoms with Crippen LogP contribution in [0.15, 0.2) is 48.8 Å². The summed E-state index contributed by atoms with van der Waals surface area (Å²) < 4.78 is 1.98. The molecule has 1 aromatic carbocycles. The van der Waals surface area contributed by atoms with Crippen LogP contribution in [0.5, 0.6) is 0 Å². The van der Waals surface area contributed by atoms with Crippen molar-refractivity contribution in [3.05, 3.63) is 54.4 Å². The average Bonchev–Trinajstić information content (AvgIpc) is 3.13. The zero-order valence-electron chi connectivity index (χ0n) is 11.6. The summed E-state index contributed by atoms with van der Waals surface area (Å²) in [5.74, 6) is 0. The van der Waals surface area contributed by atoms with Crippen LogP contribution in [0.2, 0.25) is 0 Å². The smallest absolute Gasteiger partial charge is 0.0917 e. The molecule has 0 unspecified atom stereocenters. The Morgan fingerprint density at radius 2 is 2.10 bits per heavy atom. The fourth-order valence-corrected chi connectivity index (χ4v) is 2.97. The van der Waals surface area contributed by atoms with Crippen molar-refractivity contribution in [1.82, 2.24) is 14.7 Å². The number of aromatic nitrogens is 2. The van der Waals surface area contributed by atoms with E-state index in [-0.39, 0.29) is 0 Å². The SMILES string of the molecule is O[C@@H](CN1CCC[C@@H]1Cn1cccn1)c1ccccc1. The maximum Gasteiger partial charge on any atom is 0.0917 e. The first-order valence-corrected chi connectivity index (χ1v) is 7.27. The molecule has 4 nitrogen and oxygen atoms in total. The zero-order valence-corrected chi connectivity index (χ0v) is 11.6. The van der Waals surface area contributed by atoms with Crippen LogP contribution in [-0.2, 0) is 6.54 Å². The highest BCUT2D eigenvalue weighted by Crippen LogP contribution is 2.22. The van der Waals surface area contributed by atoms with Gasteiger partial charge in [0.1, 0.15) is 0 Å². The van der Waals surface area contributed by atoms with Crippen LogP contribution in [0, 0.1) is 0 Å². The monoisotopic (exact) mass is 271 g/mol. The van der Waals surface area contributed by atoms with Crippen molar-refractivity contribution in [3.8, 4) is 0 Å². The number of aliphatic hydroxyl groups is 1. The number of benzene rings is 1. The molecule has 20 heavy (non-hydrogen) atoms. The highest BCUT2D eigenvalue weighted by Gasteiger charge is 2.26. The topological polar surface area (TPSA) is 41.3 Å². The van der Waals surface area contributed by atoms with Gasteiger partial charge in [0.25, 0.3) is 0 Å². The maximum atomic E-state index is 10.4. The molecule has 0 spiro atoms. The largest absolute Gasteiger partial charge is 0.387 e. The van der Waals surface area contributed by atoms with Crippen LogP contribution in [0.1, 0.15) is 24.5 Å². The molecule has 0 aliphatic carbocycles. The van der Waals surface area contributed by atoms with Gasteiger partial charge in [0.15, 0.2) is 0 Å². The molecule has 1 saturated heterocycles. The molecule has 2 aromatic rings. The Bertz CT molecular complexity index is 512. The second-order valence-corrected chi connectivity index (χ2v) is 5.45. The molecule has 4 heteroatoms. The van der Waals surface area contributed by atoms with Crippen LogP contribution in [0.4, 0.5) is 0 Å². The summed E-state index contributed by atoms with van der Waals surface area (Å²) >= 11 is 0. The van der Waals surface area contributed by atoms with Crippen molar-refractivity contribution in [2.24, 2.45) is 0 Å². The molecule has 2 atom stereocenters. The lowest BCUT2D eigenvalue weighted by atomic mass is 10.1. The molecule has 0 saturated carbocycles.